The first kappa shape index (κ1) is 21.7. The maximum atomic E-state index is 13.0. The molecule has 0 saturated carbocycles. The third-order valence-electron chi connectivity index (χ3n) is 4.30. The lowest BCUT2D eigenvalue weighted by atomic mass is 10.2. The molecular formula is C23H25FN2O4. The van der Waals surface area contributed by atoms with Crippen LogP contribution in [-0.4, -0.2) is 30.7 Å². The number of aryl methyl sites for hydroxylation is 1. The number of rotatable bonds is 11. The SMILES string of the molecule is CCOCCOCc1cccc(NC(=O)CCc2ncc(-c3ccc(F)cc3)o2)c1. The predicted octanol–water partition coefficient (Wildman–Crippen LogP) is 4.61. The Morgan fingerprint density at radius 2 is 1.93 bits per heavy atom. The van der Waals surface area contributed by atoms with E-state index >= 15 is 0 Å². The van der Waals surface area contributed by atoms with Crippen molar-refractivity contribution in [3.63, 3.8) is 0 Å². The summed E-state index contributed by atoms with van der Waals surface area (Å²) in [6.07, 6.45) is 2.18. The Hall–Kier alpha value is -3.03. The van der Waals surface area contributed by atoms with Crippen LogP contribution in [-0.2, 0) is 27.3 Å². The summed E-state index contributed by atoms with van der Waals surface area (Å²) in [5.74, 6) is 0.561. The summed E-state index contributed by atoms with van der Waals surface area (Å²) in [6.45, 7) is 4.17. The van der Waals surface area contributed by atoms with Crippen molar-refractivity contribution >= 4 is 11.6 Å². The molecule has 0 unspecified atom stereocenters. The molecule has 0 aliphatic carbocycles. The van der Waals surface area contributed by atoms with E-state index < -0.39 is 0 Å². The Morgan fingerprint density at radius 3 is 2.73 bits per heavy atom. The Morgan fingerprint density at radius 1 is 1.13 bits per heavy atom. The fourth-order valence-electron chi connectivity index (χ4n) is 2.81. The van der Waals surface area contributed by atoms with E-state index in [2.05, 4.69) is 10.3 Å². The summed E-state index contributed by atoms with van der Waals surface area (Å²) in [6, 6.07) is 13.5. The lowest BCUT2D eigenvalue weighted by Crippen LogP contribution is -2.12. The van der Waals surface area contributed by atoms with Gasteiger partial charge in [0, 0.05) is 30.7 Å². The molecule has 30 heavy (non-hydrogen) atoms. The molecule has 1 N–H and O–H groups in total. The molecule has 3 aromatic rings. The number of carbonyl (C=O) groups is 1. The highest BCUT2D eigenvalue weighted by molar-refractivity contribution is 5.90. The number of amides is 1. The van der Waals surface area contributed by atoms with Crippen molar-refractivity contribution in [1.29, 1.82) is 0 Å². The Kier molecular flexibility index (Phi) is 8.11. The fourth-order valence-corrected chi connectivity index (χ4v) is 2.81. The molecule has 0 fully saturated rings. The van der Waals surface area contributed by atoms with Gasteiger partial charge in [-0.1, -0.05) is 12.1 Å². The molecule has 1 amide bonds. The van der Waals surface area contributed by atoms with Gasteiger partial charge in [-0.15, -0.1) is 0 Å². The zero-order chi connectivity index (χ0) is 21.2. The van der Waals surface area contributed by atoms with Gasteiger partial charge < -0.3 is 19.2 Å². The van der Waals surface area contributed by atoms with Gasteiger partial charge in [-0.2, -0.15) is 0 Å². The summed E-state index contributed by atoms with van der Waals surface area (Å²) in [7, 11) is 0. The molecule has 158 valence electrons. The minimum absolute atomic E-state index is 0.133. The van der Waals surface area contributed by atoms with Crippen LogP contribution in [0.25, 0.3) is 11.3 Å². The van der Waals surface area contributed by atoms with Crippen LogP contribution in [0.5, 0.6) is 0 Å². The highest BCUT2D eigenvalue weighted by Crippen LogP contribution is 2.21. The summed E-state index contributed by atoms with van der Waals surface area (Å²) < 4.78 is 29.5. The van der Waals surface area contributed by atoms with Crippen LogP contribution in [0.2, 0.25) is 0 Å². The van der Waals surface area contributed by atoms with Gasteiger partial charge in [0.15, 0.2) is 11.7 Å². The summed E-state index contributed by atoms with van der Waals surface area (Å²) in [4.78, 5) is 16.5. The molecule has 6 nitrogen and oxygen atoms in total. The van der Waals surface area contributed by atoms with Gasteiger partial charge in [0.25, 0.3) is 0 Å². The van der Waals surface area contributed by atoms with Crippen LogP contribution in [0, 0.1) is 5.82 Å². The van der Waals surface area contributed by atoms with Gasteiger partial charge in [0.2, 0.25) is 5.91 Å². The lowest BCUT2D eigenvalue weighted by Gasteiger charge is -2.08. The zero-order valence-electron chi connectivity index (χ0n) is 16.9. The molecular weight excluding hydrogens is 387 g/mol. The van der Waals surface area contributed by atoms with Crippen molar-refractivity contribution < 1.29 is 23.1 Å². The van der Waals surface area contributed by atoms with E-state index in [0.29, 0.717) is 50.2 Å². The molecule has 0 spiro atoms. The normalized spacial score (nSPS) is 10.9. The maximum Gasteiger partial charge on any atom is 0.224 e. The van der Waals surface area contributed by atoms with E-state index in [1.165, 1.54) is 12.1 Å². The molecule has 0 radical (unpaired) electrons. The zero-order valence-corrected chi connectivity index (χ0v) is 16.9. The number of aromatic nitrogens is 1. The smallest absolute Gasteiger partial charge is 0.224 e. The number of nitrogens with one attached hydrogen (secondary N) is 1. The van der Waals surface area contributed by atoms with Gasteiger partial charge in [-0.3, -0.25) is 4.79 Å². The third kappa shape index (κ3) is 6.79. The van der Waals surface area contributed by atoms with Crippen molar-refractivity contribution in [2.24, 2.45) is 0 Å². The molecule has 1 aromatic heterocycles. The number of hydrogen-bond donors (Lipinski definition) is 1. The summed E-state index contributed by atoms with van der Waals surface area (Å²) in [5, 5.41) is 2.88. The van der Waals surface area contributed by atoms with Crippen molar-refractivity contribution in [2.45, 2.75) is 26.4 Å². The van der Waals surface area contributed by atoms with Crippen molar-refractivity contribution in [2.75, 3.05) is 25.1 Å². The van der Waals surface area contributed by atoms with Crippen LogP contribution in [0.1, 0.15) is 24.8 Å². The first-order chi connectivity index (χ1) is 14.6. The number of nitrogens with zero attached hydrogens (tertiary/aromatic N) is 1. The van der Waals surface area contributed by atoms with Gasteiger partial charge in [-0.25, -0.2) is 9.37 Å². The van der Waals surface area contributed by atoms with Gasteiger partial charge in [-0.05, 0) is 48.9 Å². The standard InChI is InChI=1S/C23H25FN2O4/c1-2-28-12-13-29-16-17-4-3-5-20(14-17)26-22(27)10-11-23-25-15-21(30-23)18-6-8-19(24)9-7-18/h3-9,14-15H,2,10-13,16H2,1H3,(H,26,27). The highest BCUT2D eigenvalue weighted by Gasteiger charge is 2.10. The minimum Gasteiger partial charge on any atom is -0.441 e. The largest absolute Gasteiger partial charge is 0.441 e. The topological polar surface area (TPSA) is 73.6 Å². The average molecular weight is 412 g/mol. The fraction of sp³-hybridized carbons (Fsp3) is 0.304. The van der Waals surface area contributed by atoms with E-state index in [1.54, 1.807) is 18.3 Å². The van der Waals surface area contributed by atoms with Crippen molar-refractivity contribution in [1.82, 2.24) is 4.98 Å². The van der Waals surface area contributed by atoms with Crippen LogP contribution in [0.4, 0.5) is 10.1 Å². The van der Waals surface area contributed by atoms with Crippen LogP contribution < -0.4 is 5.32 Å². The second-order valence-electron chi connectivity index (χ2n) is 6.62. The predicted molar refractivity (Wildman–Crippen MR) is 111 cm³/mol. The highest BCUT2D eigenvalue weighted by atomic mass is 19.1. The van der Waals surface area contributed by atoms with Gasteiger partial charge in [0.05, 0.1) is 26.0 Å². The molecule has 0 bridgehead atoms. The number of benzene rings is 2. The third-order valence-corrected chi connectivity index (χ3v) is 4.30. The number of ether oxygens (including phenoxy) is 2. The van der Waals surface area contributed by atoms with E-state index in [1.807, 2.05) is 31.2 Å². The number of oxazole rings is 1. The minimum atomic E-state index is -0.309. The molecule has 0 atom stereocenters. The average Bonchev–Trinajstić information content (AvgIpc) is 3.22. The second kappa shape index (κ2) is 11.2. The van der Waals surface area contributed by atoms with E-state index in [4.69, 9.17) is 13.9 Å². The number of anilines is 1. The Labute approximate surface area is 175 Å². The molecule has 3 rings (SSSR count). The van der Waals surface area contributed by atoms with Crippen LogP contribution in [0.15, 0.2) is 59.1 Å². The van der Waals surface area contributed by atoms with Crippen molar-refractivity contribution in [3.8, 4) is 11.3 Å². The monoisotopic (exact) mass is 412 g/mol. The number of carbonyl (C=O) groups excluding carboxylic acids is 1. The Bertz CT molecular complexity index is 940. The molecule has 2 aromatic carbocycles. The molecule has 1 heterocycles. The summed E-state index contributed by atoms with van der Waals surface area (Å²) >= 11 is 0. The van der Waals surface area contributed by atoms with E-state index in [9.17, 15) is 9.18 Å². The molecule has 7 heteroatoms. The Balaban J connectivity index is 1.46. The van der Waals surface area contributed by atoms with Crippen molar-refractivity contribution in [3.05, 3.63) is 72.0 Å². The van der Waals surface area contributed by atoms with Crippen LogP contribution >= 0.6 is 0 Å². The quantitative estimate of drug-likeness (QED) is 0.466. The number of halogens is 1. The molecule has 0 saturated heterocycles. The first-order valence-corrected chi connectivity index (χ1v) is 9.89. The number of hydrogen-bond acceptors (Lipinski definition) is 5. The molecule has 0 aliphatic rings. The van der Waals surface area contributed by atoms with Crippen LogP contribution in [0.3, 0.4) is 0 Å². The van der Waals surface area contributed by atoms with Gasteiger partial charge in [0.1, 0.15) is 5.82 Å². The molecule has 0 aliphatic heterocycles. The van der Waals surface area contributed by atoms with E-state index in [0.717, 1.165) is 11.1 Å². The summed E-state index contributed by atoms with van der Waals surface area (Å²) in [5.41, 5.74) is 2.42. The maximum absolute atomic E-state index is 13.0. The second-order valence-corrected chi connectivity index (χ2v) is 6.62. The lowest BCUT2D eigenvalue weighted by molar-refractivity contribution is -0.116. The van der Waals surface area contributed by atoms with E-state index in [-0.39, 0.29) is 18.1 Å². The first-order valence-electron chi connectivity index (χ1n) is 9.89. The van der Waals surface area contributed by atoms with Gasteiger partial charge >= 0.3 is 0 Å².